The topological polar surface area (TPSA) is 70.7 Å². The maximum absolute atomic E-state index is 11.6. The smallest absolute Gasteiger partial charge is 0.234 e. The molecular formula is C11H12N4OS. The third kappa shape index (κ3) is 3.60. The maximum Gasteiger partial charge on any atom is 0.234 e. The van der Waals surface area contributed by atoms with Gasteiger partial charge in [0.05, 0.1) is 5.75 Å². The minimum Gasteiger partial charge on any atom is -0.325 e. The van der Waals surface area contributed by atoms with E-state index in [9.17, 15) is 4.79 Å². The summed E-state index contributed by atoms with van der Waals surface area (Å²) in [7, 11) is 0. The van der Waals surface area contributed by atoms with Crippen LogP contribution in [0, 0.1) is 6.92 Å². The lowest BCUT2D eigenvalue weighted by Crippen LogP contribution is -2.14. The van der Waals surface area contributed by atoms with Gasteiger partial charge in [-0.3, -0.25) is 9.89 Å². The van der Waals surface area contributed by atoms with E-state index in [4.69, 9.17) is 0 Å². The number of thioether (sulfide) groups is 1. The van der Waals surface area contributed by atoms with Crippen LogP contribution in [0.1, 0.15) is 5.56 Å². The normalized spacial score (nSPS) is 10.2. The van der Waals surface area contributed by atoms with Crippen LogP contribution in [0.25, 0.3) is 0 Å². The van der Waals surface area contributed by atoms with E-state index in [1.54, 1.807) is 0 Å². The summed E-state index contributed by atoms with van der Waals surface area (Å²) in [5.74, 6) is 0.250. The first-order chi connectivity index (χ1) is 8.24. The Bertz CT molecular complexity index is 498. The van der Waals surface area contributed by atoms with Gasteiger partial charge in [-0.05, 0) is 24.6 Å². The molecule has 0 spiro atoms. The summed E-state index contributed by atoms with van der Waals surface area (Å²) in [5, 5.41) is 9.86. The molecular weight excluding hydrogens is 236 g/mol. The number of nitrogens with zero attached hydrogens (tertiary/aromatic N) is 2. The van der Waals surface area contributed by atoms with E-state index in [2.05, 4.69) is 20.5 Å². The van der Waals surface area contributed by atoms with Gasteiger partial charge in [0.2, 0.25) is 5.91 Å². The third-order valence-corrected chi connectivity index (χ3v) is 2.91. The number of rotatable bonds is 4. The van der Waals surface area contributed by atoms with Crippen molar-refractivity contribution in [3.05, 3.63) is 36.2 Å². The van der Waals surface area contributed by atoms with E-state index in [1.807, 2.05) is 31.2 Å². The predicted molar refractivity (Wildman–Crippen MR) is 66.9 cm³/mol. The quantitative estimate of drug-likeness (QED) is 0.810. The van der Waals surface area contributed by atoms with Crippen LogP contribution in [-0.2, 0) is 4.79 Å². The van der Waals surface area contributed by atoms with Gasteiger partial charge in [-0.2, -0.15) is 5.10 Å². The molecule has 1 aromatic carbocycles. The first-order valence-corrected chi connectivity index (χ1v) is 6.07. The number of hydrogen-bond donors (Lipinski definition) is 2. The van der Waals surface area contributed by atoms with Crippen LogP contribution in [0.3, 0.4) is 0 Å². The summed E-state index contributed by atoms with van der Waals surface area (Å²) in [6.45, 7) is 1.99. The van der Waals surface area contributed by atoms with Crippen molar-refractivity contribution in [2.45, 2.75) is 12.1 Å². The standard InChI is InChI=1S/C11H12N4OS/c1-8-3-2-4-9(5-8)14-10(16)6-17-11-12-7-13-15-11/h2-5,7H,6H2,1H3,(H,14,16)(H,12,13,15). The van der Waals surface area contributed by atoms with Crippen molar-refractivity contribution in [1.29, 1.82) is 0 Å². The van der Waals surface area contributed by atoms with E-state index in [-0.39, 0.29) is 5.91 Å². The van der Waals surface area contributed by atoms with Crippen molar-refractivity contribution < 1.29 is 4.79 Å². The number of H-pyrrole nitrogens is 1. The molecule has 0 atom stereocenters. The van der Waals surface area contributed by atoms with Crippen LogP contribution in [-0.4, -0.2) is 26.8 Å². The highest BCUT2D eigenvalue weighted by molar-refractivity contribution is 7.99. The van der Waals surface area contributed by atoms with Crippen LogP contribution in [0.5, 0.6) is 0 Å². The Morgan fingerprint density at radius 3 is 3.12 bits per heavy atom. The molecule has 2 rings (SSSR count). The number of aromatic nitrogens is 3. The summed E-state index contributed by atoms with van der Waals surface area (Å²) in [4.78, 5) is 15.6. The molecule has 0 bridgehead atoms. The van der Waals surface area contributed by atoms with Crippen LogP contribution in [0.2, 0.25) is 0 Å². The zero-order valence-electron chi connectivity index (χ0n) is 9.30. The van der Waals surface area contributed by atoms with E-state index in [0.717, 1.165) is 11.3 Å². The van der Waals surface area contributed by atoms with Crippen molar-refractivity contribution in [2.24, 2.45) is 0 Å². The van der Waals surface area contributed by atoms with Gasteiger partial charge in [-0.25, -0.2) is 4.98 Å². The van der Waals surface area contributed by atoms with Crippen LogP contribution >= 0.6 is 11.8 Å². The second kappa shape index (κ2) is 5.49. The molecule has 0 unspecified atom stereocenters. The highest BCUT2D eigenvalue weighted by atomic mass is 32.2. The van der Waals surface area contributed by atoms with Gasteiger partial charge in [0.25, 0.3) is 0 Å². The Morgan fingerprint density at radius 2 is 2.41 bits per heavy atom. The Kier molecular flexibility index (Phi) is 3.77. The number of anilines is 1. The van der Waals surface area contributed by atoms with Crippen molar-refractivity contribution in [3.8, 4) is 0 Å². The Hall–Kier alpha value is -1.82. The molecule has 17 heavy (non-hydrogen) atoms. The zero-order valence-corrected chi connectivity index (χ0v) is 10.1. The molecule has 0 saturated heterocycles. The zero-order chi connectivity index (χ0) is 12.1. The largest absolute Gasteiger partial charge is 0.325 e. The average molecular weight is 248 g/mol. The molecule has 6 heteroatoms. The molecule has 1 amide bonds. The first kappa shape index (κ1) is 11.7. The van der Waals surface area contributed by atoms with E-state index < -0.39 is 0 Å². The first-order valence-electron chi connectivity index (χ1n) is 5.09. The lowest BCUT2D eigenvalue weighted by Gasteiger charge is -2.04. The fourth-order valence-corrected chi connectivity index (χ4v) is 1.90. The number of amides is 1. The molecule has 0 aliphatic rings. The van der Waals surface area contributed by atoms with Gasteiger partial charge in [-0.15, -0.1) is 0 Å². The molecule has 1 heterocycles. The number of carbonyl (C=O) groups excluding carboxylic acids is 1. The number of aromatic amines is 1. The highest BCUT2D eigenvalue weighted by Crippen LogP contribution is 2.13. The number of benzene rings is 1. The highest BCUT2D eigenvalue weighted by Gasteiger charge is 2.05. The monoisotopic (exact) mass is 248 g/mol. The van der Waals surface area contributed by atoms with Gasteiger partial charge in [0.1, 0.15) is 6.33 Å². The summed E-state index contributed by atoms with van der Waals surface area (Å²) < 4.78 is 0. The Labute approximate surface area is 103 Å². The van der Waals surface area contributed by atoms with Gasteiger partial charge in [0, 0.05) is 5.69 Å². The summed E-state index contributed by atoms with van der Waals surface area (Å²) >= 11 is 1.32. The minimum absolute atomic E-state index is 0.0583. The van der Waals surface area contributed by atoms with E-state index in [1.165, 1.54) is 18.1 Å². The van der Waals surface area contributed by atoms with Crippen molar-refractivity contribution in [1.82, 2.24) is 15.2 Å². The fourth-order valence-electron chi connectivity index (χ4n) is 1.32. The molecule has 1 aromatic heterocycles. The predicted octanol–water partition coefficient (Wildman–Crippen LogP) is 1.84. The van der Waals surface area contributed by atoms with Crippen LogP contribution < -0.4 is 5.32 Å². The van der Waals surface area contributed by atoms with E-state index in [0.29, 0.717) is 10.9 Å². The summed E-state index contributed by atoms with van der Waals surface area (Å²) in [5.41, 5.74) is 1.93. The molecule has 2 N–H and O–H groups in total. The van der Waals surface area contributed by atoms with Gasteiger partial charge < -0.3 is 5.32 Å². The van der Waals surface area contributed by atoms with Crippen LogP contribution in [0.15, 0.2) is 35.7 Å². The molecule has 0 radical (unpaired) electrons. The van der Waals surface area contributed by atoms with Crippen LogP contribution in [0.4, 0.5) is 5.69 Å². The Morgan fingerprint density at radius 1 is 1.53 bits per heavy atom. The second-order valence-electron chi connectivity index (χ2n) is 3.50. The van der Waals surface area contributed by atoms with Crippen molar-refractivity contribution >= 4 is 23.4 Å². The Balaban J connectivity index is 1.85. The molecule has 2 aromatic rings. The summed E-state index contributed by atoms with van der Waals surface area (Å²) in [6.07, 6.45) is 1.42. The lowest BCUT2D eigenvalue weighted by atomic mass is 10.2. The fraction of sp³-hybridized carbons (Fsp3) is 0.182. The molecule has 88 valence electrons. The van der Waals surface area contributed by atoms with E-state index >= 15 is 0 Å². The second-order valence-corrected chi connectivity index (χ2v) is 4.46. The number of hydrogen-bond acceptors (Lipinski definition) is 4. The number of nitrogens with one attached hydrogen (secondary N) is 2. The van der Waals surface area contributed by atoms with Gasteiger partial charge >= 0.3 is 0 Å². The minimum atomic E-state index is -0.0583. The molecule has 0 saturated carbocycles. The van der Waals surface area contributed by atoms with Gasteiger partial charge in [0.15, 0.2) is 5.16 Å². The molecule has 0 aliphatic carbocycles. The summed E-state index contributed by atoms with van der Waals surface area (Å²) in [6, 6.07) is 7.69. The maximum atomic E-state index is 11.6. The van der Waals surface area contributed by atoms with Crippen molar-refractivity contribution in [3.63, 3.8) is 0 Å². The number of aryl methyl sites for hydroxylation is 1. The molecule has 0 fully saturated rings. The molecule has 5 nitrogen and oxygen atoms in total. The number of carbonyl (C=O) groups is 1. The van der Waals surface area contributed by atoms with Gasteiger partial charge in [-0.1, -0.05) is 23.9 Å². The average Bonchev–Trinajstić information content (AvgIpc) is 2.79. The van der Waals surface area contributed by atoms with Crippen molar-refractivity contribution in [2.75, 3.05) is 11.1 Å². The SMILES string of the molecule is Cc1cccc(NC(=O)CSc2ncn[nH]2)c1. The molecule has 0 aliphatic heterocycles. The third-order valence-electron chi connectivity index (χ3n) is 2.03. The lowest BCUT2D eigenvalue weighted by molar-refractivity contribution is -0.113.